The van der Waals surface area contributed by atoms with E-state index in [0.29, 0.717) is 23.7 Å². The van der Waals surface area contributed by atoms with Crippen LogP contribution in [0.15, 0.2) is 29.2 Å². The summed E-state index contributed by atoms with van der Waals surface area (Å²) >= 11 is 0. The van der Waals surface area contributed by atoms with E-state index in [0.717, 1.165) is 18.4 Å². The van der Waals surface area contributed by atoms with E-state index in [1.165, 1.54) is 4.31 Å². The van der Waals surface area contributed by atoms with Gasteiger partial charge in [0.2, 0.25) is 10.0 Å². The minimum atomic E-state index is -3.52. The predicted molar refractivity (Wildman–Crippen MR) is 88.7 cm³/mol. The number of nitrogens with zero attached hydrogens (tertiary/aromatic N) is 1. The van der Waals surface area contributed by atoms with Gasteiger partial charge in [0.15, 0.2) is 0 Å². The van der Waals surface area contributed by atoms with Crippen molar-refractivity contribution in [2.75, 3.05) is 13.1 Å². The molecule has 23 heavy (non-hydrogen) atoms. The second-order valence-electron chi connectivity index (χ2n) is 6.59. The molecule has 1 aliphatic heterocycles. The molecule has 0 radical (unpaired) electrons. The summed E-state index contributed by atoms with van der Waals surface area (Å²) in [6.07, 6.45) is 2.78. The zero-order chi connectivity index (χ0) is 17.0. The normalized spacial score (nSPS) is 17.5. The molecule has 0 unspecified atom stereocenters. The molecule has 0 bridgehead atoms. The Morgan fingerprint density at radius 3 is 2.26 bits per heavy atom. The molecule has 6 heteroatoms. The molecule has 1 saturated heterocycles. The van der Waals surface area contributed by atoms with Gasteiger partial charge in [-0.25, -0.2) is 8.42 Å². The first-order valence-corrected chi connectivity index (χ1v) is 9.56. The van der Waals surface area contributed by atoms with Crippen molar-refractivity contribution in [1.29, 1.82) is 0 Å². The van der Waals surface area contributed by atoms with Crippen LogP contribution < -0.4 is 0 Å². The number of hydrogen-bond donors (Lipinski definition) is 1. The van der Waals surface area contributed by atoms with Gasteiger partial charge in [0.1, 0.15) is 0 Å². The van der Waals surface area contributed by atoms with Crippen LogP contribution in [-0.4, -0.2) is 36.9 Å². The van der Waals surface area contributed by atoms with Crippen LogP contribution in [0.3, 0.4) is 0 Å². The summed E-state index contributed by atoms with van der Waals surface area (Å²) in [7, 11) is -3.52. The Hall–Kier alpha value is -1.40. The van der Waals surface area contributed by atoms with Crippen molar-refractivity contribution in [3.8, 4) is 0 Å². The average Bonchev–Trinajstić information content (AvgIpc) is 2.53. The van der Waals surface area contributed by atoms with Crippen LogP contribution in [0.4, 0.5) is 0 Å². The highest BCUT2D eigenvalue weighted by molar-refractivity contribution is 7.89. The van der Waals surface area contributed by atoms with Crippen molar-refractivity contribution in [1.82, 2.24) is 4.31 Å². The summed E-state index contributed by atoms with van der Waals surface area (Å²) < 4.78 is 26.6. The lowest BCUT2D eigenvalue weighted by Gasteiger charge is -2.29. The Labute approximate surface area is 138 Å². The predicted octanol–water partition coefficient (Wildman–Crippen LogP) is 2.76. The van der Waals surface area contributed by atoms with Crippen molar-refractivity contribution < 1.29 is 18.3 Å². The summed E-state index contributed by atoms with van der Waals surface area (Å²) in [4.78, 5) is 11.3. The van der Waals surface area contributed by atoms with Crippen LogP contribution in [0.5, 0.6) is 0 Å². The molecule has 0 amide bonds. The molecule has 0 saturated carbocycles. The zero-order valence-electron chi connectivity index (χ0n) is 13.7. The third-order valence-electron chi connectivity index (χ3n) is 4.37. The fraction of sp³-hybridized carbons (Fsp3) is 0.588. The van der Waals surface area contributed by atoms with Crippen LogP contribution in [0, 0.1) is 11.8 Å². The molecule has 5 nitrogen and oxygen atoms in total. The first-order valence-electron chi connectivity index (χ1n) is 8.12. The lowest BCUT2D eigenvalue weighted by molar-refractivity contribution is -0.142. The first-order chi connectivity index (χ1) is 10.8. The fourth-order valence-corrected chi connectivity index (χ4v) is 4.25. The maximum atomic E-state index is 12.6. The number of carboxylic acid groups (broad SMARTS) is 1. The lowest BCUT2D eigenvalue weighted by Crippen LogP contribution is -2.40. The number of hydrogen-bond acceptors (Lipinski definition) is 3. The highest BCUT2D eigenvalue weighted by atomic mass is 32.2. The topological polar surface area (TPSA) is 74.7 Å². The maximum Gasteiger partial charge on any atom is 0.306 e. The van der Waals surface area contributed by atoms with Crippen LogP contribution in [0.25, 0.3) is 0 Å². The highest BCUT2D eigenvalue weighted by Crippen LogP contribution is 2.24. The van der Waals surface area contributed by atoms with E-state index in [-0.39, 0.29) is 13.1 Å². The molecule has 1 aromatic carbocycles. The average molecular weight is 339 g/mol. The van der Waals surface area contributed by atoms with Crippen LogP contribution in [0.2, 0.25) is 0 Å². The molecule has 128 valence electrons. The summed E-state index contributed by atoms with van der Waals surface area (Å²) in [5, 5.41) is 9.00. The molecule has 0 aliphatic carbocycles. The van der Waals surface area contributed by atoms with E-state index in [9.17, 15) is 13.2 Å². The van der Waals surface area contributed by atoms with Crippen molar-refractivity contribution >= 4 is 16.0 Å². The number of carbonyl (C=O) groups is 1. The van der Waals surface area contributed by atoms with Crippen LogP contribution >= 0.6 is 0 Å². The van der Waals surface area contributed by atoms with Gasteiger partial charge >= 0.3 is 5.97 Å². The molecule has 1 N–H and O–H groups in total. The minimum Gasteiger partial charge on any atom is -0.481 e. The number of piperidine rings is 1. The van der Waals surface area contributed by atoms with E-state index in [1.54, 1.807) is 12.1 Å². The number of rotatable bonds is 6. The van der Waals surface area contributed by atoms with Gasteiger partial charge in [0.25, 0.3) is 0 Å². The molecular weight excluding hydrogens is 314 g/mol. The highest BCUT2D eigenvalue weighted by Gasteiger charge is 2.31. The summed E-state index contributed by atoms with van der Waals surface area (Å²) in [5.41, 5.74) is 1.14. The Morgan fingerprint density at radius 2 is 1.78 bits per heavy atom. The number of aryl methyl sites for hydroxylation is 1. The first kappa shape index (κ1) is 17.9. The number of benzene rings is 1. The van der Waals surface area contributed by atoms with Crippen molar-refractivity contribution in [3.63, 3.8) is 0 Å². The second-order valence-corrected chi connectivity index (χ2v) is 8.53. The van der Waals surface area contributed by atoms with E-state index in [4.69, 9.17) is 5.11 Å². The van der Waals surface area contributed by atoms with Crippen molar-refractivity contribution in [2.45, 2.75) is 44.4 Å². The monoisotopic (exact) mass is 339 g/mol. The molecule has 1 aromatic rings. The molecule has 0 aromatic heterocycles. The van der Waals surface area contributed by atoms with Gasteiger partial charge in [-0.15, -0.1) is 0 Å². The second kappa shape index (κ2) is 7.45. The van der Waals surface area contributed by atoms with E-state index < -0.39 is 21.9 Å². The van der Waals surface area contributed by atoms with Crippen LogP contribution in [0.1, 0.15) is 38.7 Å². The van der Waals surface area contributed by atoms with Gasteiger partial charge in [-0.05, 0) is 49.3 Å². The summed E-state index contributed by atoms with van der Waals surface area (Å²) in [6, 6.07) is 7.07. The lowest BCUT2D eigenvalue weighted by atomic mass is 9.99. The smallest absolute Gasteiger partial charge is 0.306 e. The molecule has 1 heterocycles. The summed E-state index contributed by atoms with van der Waals surface area (Å²) in [5.74, 6) is -0.648. The van der Waals surface area contributed by atoms with E-state index >= 15 is 0 Å². The third kappa shape index (κ3) is 4.54. The van der Waals surface area contributed by atoms with Crippen molar-refractivity contribution in [2.24, 2.45) is 11.8 Å². The Morgan fingerprint density at radius 1 is 1.22 bits per heavy atom. The maximum absolute atomic E-state index is 12.6. The SMILES string of the molecule is CC(C)CCc1ccc(S(=O)(=O)N2CCC(C(=O)O)CC2)cc1. The van der Waals surface area contributed by atoms with Gasteiger partial charge in [-0.2, -0.15) is 4.31 Å². The molecule has 1 fully saturated rings. The number of sulfonamides is 1. The molecule has 0 spiro atoms. The summed E-state index contributed by atoms with van der Waals surface area (Å²) in [6.45, 7) is 4.88. The largest absolute Gasteiger partial charge is 0.481 e. The van der Waals surface area contributed by atoms with Gasteiger partial charge in [-0.3, -0.25) is 4.79 Å². The molecular formula is C17H25NO4S. The zero-order valence-corrected chi connectivity index (χ0v) is 14.6. The fourth-order valence-electron chi connectivity index (χ4n) is 2.78. The molecule has 1 aliphatic rings. The Bertz CT molecular complexity index is 629. The van der Waals surface area contributed by atoms with Gasteiger partial charge in [-0.1, -0.05) is 26.0 Å². The van der Waals surface area contributed by atoms with Crippen molar-refractivity contribution in [3.05, 3.63) is 29.8 Å². The minimum absolute atomic E-state index is 0.272. The standard InChI is InChI=1S/C17H25NO4S/c1-13(2)3-4-14-5-7-16(8-6-14)23(21,22)18-11-9-15(10-12-18)17(19)20/h5-8,13,15H,3-4,9-12H2,1-2H3,(H,19,20). The number of aliphatic carboxylic acids is 1. The Balaban J connectivity index is 2.04. The molecule has 0 atom stereocenters. The van der Waals surface area contributed by atoms with E-state index in [2.05, 4.69) is 13.8 Å². The van der Waals surface area contributed by atoms with Crippen LogP contribution in [-0.2, 0) is 21.2 Å². The van der Waals surface area contributed by atoms with Gasteiger partial charge in [0.05, 0.1) is 10.8 Å². The number of carboxylic acids is 1. The van der Waals surface area contributed by atoms with Gasteiger partial charge < -0.3 is 5.11 Å². The quantitative estimate of drug-likeness (QED) is 0.865. The molecule has 2 rings (SSSR count). The van der Waals surface area contributed by atoms with Gasteiger partial charge in [0, 0.05) is 13.1 Å². The van der Waals surface area contributed by atoms with E-state index in [1.807, 2.05) is 12.1 Å². The third-order valence-corrected chi connectivity index (χ3v) is 6.29. The Kier molecular flexibility index (Phi) is 5.81.